The Morgan fingerprint density at radius 1 is 0.820 bits per heavy atom. The molecular weight excluding hydrogens is 648 g/mol. The number of allylic oxidation sites excluding steroid dienone is 2. The summed E-state index contributed by atoms with van der Waals surface area (Å²) in [6, 6.07) is 0. The minimum Gasteiger partial charge on any atom is -0.481 e. The molecule has 286 valence electrons. The second-order valence-corrected chi connectivity index (χ2v) is 19.3. The van der Waals surface area contributed by atoms with Crippen molar-refractivity contribution >= 4 is 5.97 Å². The number of fused-ring (bicyclic) bond motifs is 7. The number of ether oxygens (including phenoxy) is 2. The summed E-state index contributed by atoms with van der Waals surface area (Å²) in [7, 11) is 0. The van der Waals surface area contributed by atoms with Crippen molar-refractivity contribution in [3.63, 3.8) is 0 Å². The maximum absolute atomic E-state index is 13.3. The van der Waals surface area contributed by atoms with Gasteiger partial charge in [0.05, 0.1) is 37.6 Å². The van der Waals surface area contributed by atoms with E-state index in [1.807, 2.05) is 13.8 Å². The zero-order chi connectivity index (χ0) is 37.4. The number of carboxylic acid groups (broad SMARTS) is 1. The minimum absolute atomic E-state index is 0.143. The van der Waals surface area contributed by atoms with Crippen LogP contribution < -0.4 is 0 Å². The van der Waals surface area contributed by atoms with E-state index in [9.17, 15) is 50.8 Å². The van der Waals surface area contributed by atoms with Crippen molar-refractivity contribution < 1.29 is 60.2 Å². The first-order valence-corrected chi connectivity index (χ1v) is 18.5. The second kappa shape index (κ2) is 11.7. The second-order valence-electron chi connectivity index (χ2n) is 19.3. The Labute approximate surface area is 295 Å². The highest BCUT2D eigenvalue weighted by atomic mass is 16.7. The molecule has 5 fully saturated rings. The van der Waals surface area contributed by atoms with Crippen LogP contribution in [-0.2, 0) is 14.3 Å². The van der Waals surface area contributed by atoms with E-state index >= 15 is 0 Å². The lowest BCUT2D eigenvalue weighted by atomic mass is 9.27. The van der Waals surface area contributed by atoms with Crippen molar-refractivity contribution in [2.75, 3.05) is 13.2 Å². The molecule has 0 amide bonds. The molecule has 12 nitrogen and oxygen atoms in total. The van der Waals surface area contributed by atoms with E-state index in [0.717, 1.165) is 5.57 Å². The molecule has 50 heavy (non-hydrogen) atoms. The summed E-state index contributed by atoms with van der Waals surface area (Å²) in [6.07, 6.45) is -7.27. The lowest BCUT2D eigenvalue weighted by molar-refractivity contribution is -0.359. The fourth-order valence-electron chi connectivity index (χ4n) is 13.8. The van der Waals surface area contributed by atoms with Crippen molar-refractivity contribution in [3.8, 4) is 0 Å². The first kappa shape index (κ1) is 38.5. The van der Waals surface area contributed by atoms with E-state index in [2.05, 4.69) is 40.7 Å². The molecule has 12 heteroatoms. The third-order valence-corrected chi connectivity index (χ3v) is 16.7. The average Bonchev–Trinajstić information content (AvgIpc) is 3.00. The van der Waals surface area contributed by atoms with Gasteiger partial charge in [0.15, 0.2) is 6.29 Å². The van der Waals surface area contributed by atoms with Gasteiger partial charge in [-0.25, -0.2) is 0 Å². The summed E-state index contributed by atoms with van der Waals surface area (Å²) in [5.41, 5.74) is -5.46. The Balaban J connectivity index is 1.44. The lowest BCUT2D eigenvalue weighted by Gasteiger charge is -2.78. The van der Waals surface area contributed by atoms with Gasteiger partial charge in [0, 0.05) is 16.7 Å². The van der Waals surface area contributed by atoms with Crippen LogP contribution in [0.3, 0.4) is 0 Å². The van der Waals surface area contributed by atoms with Gasteiger partial charge in [-0.2, -0.15) is 0 Å². The number of rotatable bonds is 5. The predicted octanol–water partition coefficient (Wildman–Crippen LogP) is 1.72. The normalized spacial score (nSPS) is 57.4. The van der Waals surface area contributed by atoms with Gasteiger partial charge >= 0.3 is 5.97 Å². The molecule has 0 aromatic heterocycles. The van der Waals surface area contributed by atoms with E-state index in [1.165, 1.54) is 0 Å². The topological polar surface area (TPSA) is 218 Å². The summed E-state index contributed by atoms with van der Waals surface area (Å²) in [5.74, 6) is -1.61. The van der Waals surface area contributed by atoms with Crippen molar-refractivity contribution in [2.45, 2.75) is 155 Å². The molecule has 6 rings (SSSR count). The largest absolute Gasteiger partial charge is 0.481 e. The molecule has 5 aliphatic carbocycles. The van der Waals surface area contributed by atoms with E-state index in [-0.39, 0.29) is 24.7 Å². The van der Waals surface area contributed by atoms with E-state index in [0.29, 0.717) is 25.7 Å². The summed E-state index contributed by atoms with van der Waals surface area (Å²) in [6.45, 7) is 15.4. The standard InChI is InChI=1S/C38H62O12/c1-31(2)11-12-38(30(47)48)23(43)15-33(4)22(35(38,6)17-31)9-10-36(7)34(5)13-20(42)28(32(3,18-40)27(34)19(41)14-37(33,36)8)50-29-26(46)25(45)24(44)21(16-39)49-29/h9,19-21,23-29,39-46H,10-18H2,1-8H3,(H,47,48)/t19-,20+,21-,23-,24-,25+,26-,27+,28+,29+,32+,33-,34+,35+,36-,37+,38-/m1/s1. The molecule has 17 atom stereocenters. The molecule has 0 aromatic rings. The molecule has 1 saturated heterocycles. The fraction of sp³-hybridized carbons (Fsp3) is 0.921. The minimum atomic E-state index is -1.71. The first-order chi connectivity index (χ1) is 22.9. The van der Waals surface area contributed by atoms with Crippen LogP contribution in [0.4, 0.5) is 0 Å². The monoisotopic (exact) mass is 710 g/mol. The highest BCUT2D eigenvalue weighted by Gasteiger charge is 2.79. The quantitative estimate of drug-likeness (QED) is 0.147. The third-order valence-electron chi connectivity index (χ3n) is 16.7. The Kier molecular flexibility index (Phi) is 8.98. The Bertz CT molecular complexity index is 1400. The SMILES string of the molecule is CC1(C)CC[C@]2(C(=O)O)[C@H](O)C[C@]3(C)C(=CC[C@@]4(C)[C@@]3(C)C[C@@H](O)[C@H]3[C@](C)(CO)[C@@H](O[C@@H]5O[C@H](CO)[C@@H](O)[C@H](O)[C@H]5O)[C@@H](O)C[C@@]34C)[C@]2(C)C1. The van der Waals surface area contributed by atoms with Gasteiger partial charge in [-0.15, -0.1) is 0 Å². The number of carboxylic acids is 1. The molecule has 1 heterocycles. The average molecular weight is 711 g/mol. The highest BCUT2D eigenvalue weighted by molar-refractivity contribution is 5.79. The summed E-state index contributed by atoms with van der Waals surface area (Å²) in [4.78, 5) is 13.3. The van der Waals surface area contributed by atoms with Gasteiger partial charge in [0.1, 0.15) is 29.8 Å². The Morgan fingerprint density at radius 2 is 1.46 bits per heavy atom. The maximum atomic E-state index is 13.3. The van der Waals surface area contributed by atoms with Crippen LogP contribution in [0.5, 0.6) is 0 Å². The molecule has 0 aromatic carbocycles. The first-order valence-electron chi connectivity index (χ1n) is 18.5. The van der Waals surface area contributed by atoms with Gasteiger partial charge < -0.3 is 55.4 Å². The predicted molar refractivity (Wildman–Crippen MR) is 180 cm³/mol. The zero-order valence-corrected chi connectivity index (χ0v) is 31.0. The summed E-state index contributed by atoms with van der Waals surface area (Å²) >= 11 is 0. The molecule has 6 aliphatic rings. The van der Waals surface area contributed by atoms with Crippen molar-refractivity contribution in [2.24, 2.45) is 49.2 Å². The zero-order valence-electron chi connectivity index (χ0n) is 31.0. The Hall–Kier alpha value is -1.19. The van der Waals surface area contributed by atoms with Gasteiger partial charge in [-0.05, 0) is 72.0 Å². The molecule has 4 saturated carbocycles. The smallest absolute Gasteiger partial charge is 0.313 e. The van der Waals surface area contributed by atoms with Crippen LogP contribution in [0.25, 0.3) is 0 Å². The number of hydrogen-bond donors (Lipinski definition) is 9. The highest BCUT2D eigenvalue weighted by Crippen LogP contribution is 2.82. The molecule has 0 spiro atoms. The van der Waals surface area contributed by atoms with E-state index < -0.39 is 118 Å². The van der Waals surface area contributed by atoms with Crippen LogP contribution in [-0.4, -0.2) is 120 Å². The number of aliphatic carboxylic acids is 1. The van der Waals surface area contributed by atoms with E-state index in [1.54, 1.807) is 6.92 Å². The molecule has 1 aliphatic heterocycles. The van der Waals surface area contributed by atoms with Crippen LogP contribution in [0.1, 0.15) is 100 Å². The third kappa shape index (κ3) is 4.50. The number of aliphatic hydroxyl groups is 8. The number of aliphatic hydroxyl groups excluding tert-OH is 8. The van der Waals surface area contributed by atoms with Crippen LogP contribution in [0, 0.1) is 49.2 Å². The van der Waals surface area contributed by atoms with E-state index in [4.69, 9.17) is 9.47 Å². The van der Waals surface area contributed by atoms with Crippen molar-refractivity contribution in [1.82, 2.24) is 0 Å². The molecule has 9 N–H and O–H groups in total. The molecule has 0 bridgehead atoms. The van der Waals surface area contributed by atoms with Crippen LogP contribution in [0.2, 0.25) is 0 Å². The van der Waals surface area contributed by atoms with Gasteiger partial charge in [0.25, 0.3) is 0 Å². The number of carbonyl (C=O) groups is 1. The van der Waals surface area contributed by atoms with Crippen molar-refractivity contribution in [3.05, 3.63) is 11.6 Å². The summed E-state index contributed by atoms with van der Waals surface area (Å²) in [5, 5.41) is 99.9. The van der Waals surface area contributed by atoms with Crippen LogP contribution in [0.15, 0.2) is 11.6 Å². The number of hydrogen-bond acceptors (Lipinski definition) is 11. The van der Waals surface area contributed by atoms with Crippen LogP contribution >= 0.6 is 0 Å². The van der Waals surface area contributed by atoms with Gasteiger partial charge in [-0.1, -0.05) is 67.0 Å². The molecule has 0 unspecified atom stereocenters. The Morgan fingerprint density at radius 3 is 2.04 bits per heavy atom. The maximum Gasteiger partial charge on any atom is 0.313 e. The van der Waals surface area contributed by atoms with Gasteiger partial charge in [-0.3, -0.25) is 4.79 Å². The fourth-order valence-corrected chi connectivity index (χ4v) is 13.8. The van der Waals surface area contributed by atoms with Gasteiger partial charge in [0.2, 0.25) is 0 Å². The molecular formula is C38H62O12. The lowest BCUT2D eigenvalue weighted by Crippen LogP contribution is -2.77. The molecule has 0 radical (unpaired) electrons. The van der Waals surface area contributed by atoms with Crippen molar-refractivity contribution in [1.29, 1.82) is 0 Å². The summed E-state index contributed by atoms with van der Waals surface area (Å²) < 4.78 is 11.9.